The number of aromatic nitrogens is 4. The van der Waals surface area contributed by atoms with Crippen LogP contribution in [-0.2, 0) is 0 Å². The van der Waals surface area contributed by atoms with Crippen LogP contribution in [0.3, 0.4) is 0 Å². The van der Waals surface area contributed by atoms with Crippen LogP contribution in [0.15, 0.2) is 35.4 Å². The summed E-state index contributed by atoms with van der Waals surface area (Å²) < 4.78 is 11.9. The zero-order valence-electron chi connectivity index (χ0n) is 11.0. The molecule has 0 aliphatic carbocycles. The summed E-state index contributed by atoms with van der Waals surface area (Å²) in [4.78, 5) is 11.7. The van der Waals surface area contributed by atoms with Crippen LogP contribution in [0.1, 0.15) is 0 Å². The second-order valence-corrected chi connectivity index (χ2v) is 4.11. The zero-order chi connectivity index (χ0) is 14.1. The van der Waals surface area contributed by atoms with Gasteiger partial charge in [-0.25, -0.2) is 9.61 Å². The minimum atomic E-state index is -0.298. The van der Waals surface area contributed by atoms with Crippen LogP contribution in [0.2, 0.25) is 0 Å². The van der Waals surface area contributed by atoms with E-state index in [1.807, 2.05) is 6.07 Å². The molecule has 2 aromatic heterocycles. The number of nitrogens with zero attached hydrogens (tertiary/aromatic N) is 3. The molecule has 0 atom stereocenters. The number of fused-ring (bicyclic) bond motifs is 1. The molecule has 1 N–H and O–H groups in total. The first-order chi connectivity index (χ1) is 9.72. The van der Waals surface area contributed by atoms with Crippen molar-refractivity contribution < 1.29 is 9.47 Å². The minimum Gasteiger partial charge on any atom is -0.497 e. The number of hydrogen-bond donors (Lipinski definition) is 1. The van der Waals surface area contributed by atoms with Gasteiger partial charge in [0.15, 0.2) is 0 Å². The van der Waals surface area contributed by atoms with Crippen LogP contribution < -0.4 is 15.0 Å². The third kappa shape index (κ3) is 1.89. The molecule has 0 saturated heterocycles. The van der Waals surface area contributed by atoms with Gasteiger partial charge in [-0.3, -0.25) is 4.79 Å². The van der Waals surface area contributed by atoms with Crippen LogP contribution in [0.25, 0.3) is 16.8 Å². The summed E-state index contributed by atoms with van der Waals surface area (Å²) >= 11 is 0. The maximum Gasteiger partial charge on any atom is 0.290 e. The topological polar surface area (TPSA) is 81.5 Å². The summed E-state index contributed by atoms with van der Waals surface area (Å²) in [5.74, 6) is 1.34. The molecule has 7 heteroatoms. The third-order valence-electron chi connectivity index (χ3n) is 2.98. The fraction of sp³-hybridized carbons (Fsp3) is 0.154. The van der Waals surface area contributed by atoms with Gasteiger partial charge in [-0.2, -0.15) is 10.2 Å². The van der Waals surface area contributed by atoms with Crippen molar-refractivity contribution in [1.82, 2.24) is 19.8 Å². The standard InChI is InChI=1S/C13H12N4O3/c1-19-8-3-4-12(20-2)9(5-8)10-6-11-13(18)15-14-7-17(11)16-10/h3-7H,1-2H3,(H,15,18). The molecule has 20 heavy (non-hydrogen) atoms. The van der Waals surface area contributed by atoms with E-state index in [-0.39, 0.29) is 5.56 Å². The van der Waals surface area contributed by atoms with Crippen molar-refractivity contribution in [2.75, 3.05) is 14.2 Å². The molecule has 1 aromatic carbocycles. The Kier molecular flexibility index (Phi) is 2.86. The molecule has 0 aliphatic rings. The van der Waals surface area contributed by atoms with Crippen LogP contribution in [0, 0.1) is 0 Å². The fourth-order valence-corrected chi connectivity index (χ4v) is 2.00. The summed E-state index contributed by atoms with van der Waals surface area (Å²) in [7, 11) is 3.17. The minimum absolute atomic E-state index is 0.298. The van der Waals surface area contributed by atoms with Crippen molar-refractivity contribution in [3.05, 3.63) is 40.9 Å². The summed E-state index contributed by atoms with van der Waals surface area (Å²) in [5.41, 5.74) is 1.47. The lowest BCUT2D eigenvalue weighted by molar-refractivity contribution is 0.404. The van der Waals surface area contributed by atoms with Crippen molar-refractivity contribution in [3.63, 3.8) is 0 Å². The Hall–Kier alpha value is -2.83. The maximum absolute atomic E-state index is 11.7. The number of benzene rings is 1. The van der Waals surface area contributed by atoms with E-state index < -0.39 is 0 Å². The Bertz CT molecular complexity index is 822. The Labute approximate surface area is 113 Å². The Morgan fingerprint density at radius 2 is 2.05 bits per heavy atom. The number of ether oxygens (including phenoxy) is 2. The van der Waals surface area contributed by atoms with Gasteiger partial charge >= 0.3 is 0 Å². The lowest BCUT2D eigenvalue weighted by Crippen LogP contribution is -2.10. The number of nitrogens with one attached hydrogen (secondary N) is 1. The first-order valence-electron chi connectivity index (χ1n) is 5.88. The van der Waals surface area contributed by atoms with Crippen molar-refractivity contribution in [3.8, 4) is 22.8 Å². The molecule has 0 unspecified atom stereocenters. The molecule has 7 nitrogen and oxygen atoms in total. The van der Waals surface area contributed by atoms with Gasteiger partial charge in [-0.05, 0) is 24.3 Å². The Morgan fingerprint density at radius 1 is 1.20 bits per heavy atom. The first kappa shape index (κ1) is 12.2. The molecule has 0 bridgehead atoms. The monoisotopic (exact) mass is 272 g/mol. The second-order valence-electron chi connectivity index (χ2n) is 4.11. The third-order valence-corrected chi connectivity index (χ3v) is 2.98. The highest BCUT2D eigenvalue weighted by Crippen LogP contribution is 2.32. The van der Waals surface area contributed by atoms with Crippen LogP contribution in [0.5, 0.6) is 11.5 Å². The van der Waals surface area contributed by atoms with E-state index in [2.05, 4.69) is 15.3 Å². The lowest BCUT2D eigenvalue weighted by Gasteiger charge is -2.08. The van der Waals surface area contributed by atoms with Crippen molar-refractivity contribution in [2.24, 2.45) is 0 Å². The van der Waals surface area contributed by atoms with Gasteiger partial charge in [0.05, 0.1) is 19.9 Å². The molecular weight excluding hydrogens is 260 g/mol. The summed E-state index contributed by atoms with van der Waals surface area (Å²) in [6.45, 7) is 0. The number of hydrogen-bond acceptors (Lipinski definition) is 5. The highest BCUT2D eigenvalue weighted by Gasteiger charge is 2.13. The molecule has 3 aromatic rings. The normalized spacial score (nSPS) is 10.7. The van der Waals surface area contributed by atoms with Crippen LogP contribution in [0.4, 0.5) is 0 Å². The molecule has 0 spiro atoms. The average molecular weight is 272 g/mol. The zero-order valence-corrected chi connectivity index (χ0v) is 11.0. The van der Waals surface area contributed by atoms with Gasteiger partial charge in [-0.15, -0.1) is 0 Å². The number of rotatable bonds is 3. The highest BCUT2D eigenvalue weighted by atomic mass is 16.5. The number of methoxy groups -OCH3 is 2. The smallest absolute Gasteiger partial charge is 0.290 e. The molecule has 0 aliphatic heterocycles. The number of aromatic amines is 1. The first-order valence-corrected chi connectivity index (χ1v) is 5.88. The molecule has 102 valence electrons. The van der Waals surface area contributed by atoms with E-state index in [1.54, 1.807) is 32.4 Å². The molecule has 3 rings (SSSR count). The molecule has 0 fully saturated rings. The van der Waals surface area contributed by atoms with Gasteiger partial charge in [-0.1, -0.05) is 0 Å². The van der Waals surface area contributed by atoms with Gasteiger partial charge in [0.1, 0.15) is 23.3 Å². The van der Waals surface area contributed by atoms with E-state index in [0.29, 0.717) is 22.7 Å². The largest absolute Gasteiger partial charge is 0.497 e. The predicted octanol–water partition coefficient (Wildman–Crippen LogP) is 1.10. The SMILES string of the molecule is COc1ccc(OC)c(-c2cc3c(=O)[nH]ncn3n2)c1. The quantitative estimate of drug-likeness (QED) is 0.772. The van der Waals surface area contributed by atoms with Gasteiger partial charge in [0, 0.05) is 5.56 Å². The predicted molar refractivity (Wildman–Crippen MR) is 72.1 cm³/mol. The highest BCUT2D eigenvalue weighted by molar-refractivity contribution is 5.72. The molecule has 0 amide bonds. The Morgan fingerprint density at radius 3 is 2.75 bits per heavy atom. The summed E-state index contributed by atoms with van der Waals surface area (Å²) in [5, 5.41) is 10.4. The van der Waals surface area contributed by atoms with E-state index in [4.69, 9.17) is 9.47 Å². The average Bonchev–Trinajstić information content (AvgIpc) is 2.92. The second kappa shape index (κ2) is 4.69. The van der Waals surface area contributed by atoms with Crippen molar-refractivity contribution in [2.45, 2.75) is 0 Å². The molecule has 2 heterocycles. The van der Waals surface area contributed by atoms with E-state index >= 15 is 0 Å². The van der Waals surface area contributed by atoms with Crippen LogP contribution >= 0.6 is 0 Å². The summed E-state index contributed by atoms with van der Waals surface area (Å²) in [6, 6.07) is 7.08. The van der Waals surface area contributed by atoms with Gasteiger partial charge < -0.3 is 9.47 Å². The molecule has 0 radical (unpaired) electrons. The van der Waals surface area contributed by atoms with E-state index in [1.165, 1.54) is 10.8 Å². The van der Waals surface area contributed by atoms with E-state index in [0.717, 1.165) is 5.56 Å². The molecule has 0 saturated carbocycles. The Balaban J connectivity index is 2.24. The number of H-pyrrole nitrogens is 1. The maximum atomic E-state index is 11.7. The van der Waals surface area contributed by atoms with Gasteiger partial charge in [0.25, 0.3) is 5.56 Å². The summed E-state index contributed by atoms with van der Waals surface area (Å²) in [6.07, 6.45) is 1.44. The lowest BCUT2D eigenvalue weighted by atomic mass is 10.1. The van der Waals surface area contributed by atoms with Crippen LogP contribution in [-0.4, -0.2) is 34.0 Å². The molecular formula is C13H12N4O3. The fourth-order valence-electron chi connectivity index (χ4n) is 2.00. The van der Waals surface area contributed by atoms with Crippen molar-refractivity contribution in [1.29, 1.82) is 0 Å². The van der Waals surface area contributed by atoms with Gasteiger partial charge in [0.2, 0.25) is 0 Å². The van der Waals surface area contributed by atoms with Crippen molar-refractivity contribution >= 4 is 5.52 Å². The van der Waals surface area contributed by atoms with E-state index in [9.17, 15) is 4.79 Å².